The Bertz CT molecular complexity index is 857. The van der Waals surface area contributed by atoms with Gasteiger partial charge >= 0.3 is 18.2 Å². The first kappa shape index (κ1) is 26.2. The molecule has 0 aromatic heterocycles. The van der Waals surface area contributed by atoms with Gasteiger partial charge < -0.3 is 25.5 Å². The minimum Gasteiger partial charge on any atom is -0.603 e. The number of guanidine groups is 1. The van der Waals surface area contributed by atoms with Crippen LogP contribution in [-0.2, 0) is 9.53 Å². The largest absolute Gasteiger partial charge is 0.603 e. The van der Waals surface area contributed by atoms with Crippen molar-refractivity contribution < 1.29 is 32.7 Å². The Labute approximate surface area is 189 Å². The molecule has 1 aliphatic rings. The van der Waals surface area contributed by atoms with Crippen molar-refractivity contribution in [3.05, 3.63) is 29.5 Å². The Hall–Kier alpha value is -3.06. The van der Waals surface area contributed by atoms with Crippen molar-refractivity contribution in [3.8, 4) is 0 Å². The lowest BCUT2D eigenvalue weighted by Gasteiger charge is -2.30. The first-order valence-corrected chi connectivity index (χ1v) is 10.4. The van der Waals surface area contributed by atoms with E-state index in [0.717, 1.165) is 0 Å². The molecule has 33 heavy (non-hydrogen) atoms. The summed E-state index contributed by atoms with van der Waals surface area (Å²) in [6.45, 7) is 5.45. The summed E-state index contributed by atoms with van der Waals surface area (Å²) < 4.78 is 42.2. The van der Waals surface area contributed by atoms with Crippen molar-refractivity contribution in [2.45, 2.75) is 45.4 Å². The second-order valence-corrected chi connectivity index (χ2v) is 8.28. The number of nitrogens with one attached hydrogen (secondary N) is 4. The summed E-state index contributed by atoms with van der Waals surface area (Å²) in [5.41, 5.74) is 3.04. The molecular formula is C20H29F3N6O4. The Morgan fingerprint density at radius 1 is 1.18 bits per heavy atom. The van der Waals surface area contributed by atoms with Gasteiger partial charge in [0.05, 0.1) is 0 Å². The van der Waals surface area contributed by atoms with Crippen molar-refractivity contribution in [1.82, 2.24) is 15.6 Å². The summed E-state index contributed by atoms with van der Waals surface area (Å²) in [5, 5.41) is 16.6. The van der Waals surface area contributed by atoms with E-state index < -0.39 is 23.8 Å². The molecule has 1 aromatic rings. The summed E-state index contributed by atoms with van der Waals surface area (Å²) in [7, 11) is 0. The van der Waals surface area contributed by atoms with Crippen LogP contribution < -0.4 is 21.2 Å². The highest BCUT2D eigenvalue weighted by atomic mass is 19.4. The normalized spacial score (nSPS) is 16.9. The van der Waals surface area contributed by atoms with Gasteiger partial charge in [-0.3, -0.25) is 4.79 Å². The molecule has 4 N–H and O–H groups in total. The Kier molecular flexibility index (Phi) is 8.88. The van der Waals surface area contributed by atoms with Crippen LogP contribution in [0.4, 0.5) is 29.3 Å². The second kappa shape index (κ2) is 11.2. The number of para-hydroxylation sites is 2. The van der Waals surface area contributed by atoms with Crippen LogP contribution in [0.15, 0.2) is 29.3 Å². The van der Waals surface area contributed by atoms with Gasteiger partial charge in [0.2, 0.25) is 5.96 Å². The topological polar surface area (TPSA) is 123 Å². The Balaban J connectivity index is 1.87. The van der Waals surface area contributed by atoms with E-state index in [0.29, 0.717) is 17.8 Å². The third-order valence-corrected chi connectivity index (χ3v) is 4.31. The van der Waals surface area contributed by atoms with E-state index >= 15 is 0 Å². The zero-order valence-electron chi connectivity index (χ0n) is 18.7. The van der Waals surface area contributed by atoms with Gasteiger partial charge in [0.1, 0.15) is 11.3 Å². The minimum absolute atomic E-state index is 0.0893. The first-order valence-electron chi connectivity index (χ1n) is 10.4. The quantitative estimate of drug-likeness (QED) is 0.336. The van der Waals surface area contributed by atoms with Crippen molar-refractivity contribution in [2.24, 2.45) is 4.99 Å². The number of nitrogens with zero attached hydrogens (tertiary/aromatic N) is 2. The van der Waals surface area contributed by atoms with E-state index in [4.69, 9.17) is 4.74 Å². The molecule has 2 amide bonds. The zero-order valence-corrected chi connectivity index (χ0v) is 18.7. The molecule has 0 radical (unpaired) electrons. The van der Waals surface area contributed by atoms with Crippen LogP contribution >= 0.6 is 0 Å². The molecule has 1 heterocycles. The molecule has 1 atom stereocenters. The number of alkyl halides is 3. The number of carbonyl (C=O) groups is 2. The maximum Gasteiger partial charge on any atom is 0.471 e. The highest BCUT2D eigenvalue weighted by molar-refractivity contribution is 5.96. The Morgan fingerprint density at radius 2 is 1.85 bits per heavy atom. The molecule has 1 aliphatic heterocycles. The van der Waals surface area contributed by atoms with Gasteiger partial charge in [-0.25, -0.2) is 15.0 Å². The van der Waals surface area contributed by atoms with Crippen LogP contribution in [0.3, 0.4) is 0 Å². The third-order valence-electron chi connectivity index (χ3n) is 4.31. The maximum absolute atomic E-state index is 12.5. The summed E-state index contributed by atoms with van der Waals surface area (Å²) in [6, 6.07) is 6.98. The second-order valence-electron chi connectivity index (χ2n) is 8.28. The van der Waals surface area contributed by atoms with Gasteiger partial charge in [-0.05, 0) is 39.7 Å². The molecule has 0 aliphatic carbocycles. The van der Waals surface area contributed by atoms with Gasteiger partial charge in [0.15, 0.2) is 5.69 Å². The lowest BCUT2D eigenvalue weighted by atomic mass is 10.2. The SMILES string of the molecule is CC(C)(C)OC(=O)N(CCCN=C1Nc2ccccc2[NH+]([O-])N1)CCCNC(=O)C(F)(F)F. The number of carbonyl (C=O) groups excluding carboxylic acids is 2. The number of benzene rings is 1. The standard InChI is InChI=1S/C20H29F3N6O4/c1-19(2,3)33-18(31)28(12-6-10-24-16(30)20(21,22)23)13-7-11-25-17-26-14-8-4-5-9-15(14)29(32)27-17/h4-5,8-9,29H,6-7,10-13H2,1-3H3,(H,24,30)(H2,25,26,27). The maximum atomic E-state index is 12.5. The van der Waals surface area contributed by atoms with Crippen molar-refractivity contribution in [3.63, 3.8) is 0 Å². The van der Waals surface area contributed by atoms with Gasteiger partial charge in [-0.15, -0.1) is 0 Å². The van der Waals surface area contributed by atoms with E-state index in [1.807, 2.05) is 0 Å². The fourth-order valence-corrected chi connectivity index (χ4v) is 2.85. The molecule has 0 fully saturated rings. The number of ether oxygens (including phenoxy) is 1. The smallest absolute Gasteiger partial charge is 0.471 e. The number of quaternary nitrogens is 1. The third kappa shape index (κ3) is 8.77. The van der Waals surface area contributed by atoms with Gasteiger partial charge in [0.25, 0.3) is 0 Å². The molecular weight excluding hydrogens is 445 g/mol. The number of amides is 2. The van der Waals surface area contributed by atoms with Crippen LogP contribution in [0.5, 0.6) is 0 Å². The number of hydrogen-bond acceptors (Lipinski definition) is 5. The number of fused-ring (bicyclic) bond motifs is 1. The predicted octanol–water partition coefficient (Wildman–Crippen LogP) is 1.68. The molecule has 0 bridgehead atoms. The summed E-state index contributed by atoms with van der Waals surface area (Å²) >= 11 is 0. The lowest BCUT2D eigenvalue weighted by Crippen LogP contribution is -3.11. The Morgan fingerprint density at radius 3 is 2.52 bits per heavy atom. The molecule has 0 spiro atoms. The monoisotopic (exact) mass is 474 g/mol. The van der Waals surface area contributed by atoms with Gasteiger partial charge in [-0.1, -0.05) is 12.1 Å². The highest BCUT2D eigenvalue weighted by Crippen LogP contribution is 2.18. The molecule has 0 saturated carbocycles. The molecule has 1 aromatic carbocycles. The van der Waals surface area contributed by atoms with Crippen LogP contribution in [-0.4, -0.2) is 60.8 Å². The average Bonchev–Trinajstić information content (AvgIpc) is 2.70. The molecule has 2 rings (SSSR count). The van der Waals surface area contributed by atoms with Gasteiger partial charge in [-0.2, -0.15) is 18.6 Å². The van der Waals surface area contributed by atoms with E-state index in [1.165, 1.54) is 4.90 Å². The summed E-state index contributed by atoms with van der Waals surface area (Å²) in [5.74, 6) is -1.73. The van der Waals surface area contributed by atoms with E-state index in [1.54, 1.807) is 50.4 Å². The molecule has 1 unspecified atom stereocenters. The van der Waals surface area contributed by atoms with Crippen LogP contribution in [0.25, 0.3) is 0 Å². The summed E-state index contributed by atoms with van der Waals surface area (Å²) in [4.78, 5) is 29.0. The number of halogens is 3. The zero-order chi connectivity index (χ0) is 24.6. The molecule has 13 heteroatoms. The van der Waals surface area contributed by atoms with Crippen molar-refractivity contribution in [1.29, 1.82) is 0 Å². The lowest BCUT2D eigenvalue weighted by molar-refractivity contribution is -0.816. The van der Waals surface area contributed by atoms with Crippen molar-refractivity contribution >= 4 is 29.3 Å². The number of aliphatic imine (C=N–C) groups is 1. The molecule has 0 saturated heterocycles. The first-order chi connectivity index (χ1) is 15.4. The van der Waals surface area contributed by atoms with E-state index in [9.17, 15) is 28.0 Å². The predicted molar refractivity (Wildman–Crippen MR) is 116 cm³/mol. The number of anilines is 1. The number of rotatable bonds is 8. The van der Waals surface area contributed by atoms with Crippen LogP contribution in [0, 0.1) is 5.21 Å². The van der Waals surface area contributed by atoms with E-state index in [2.05, 4.69) is 15.7 Å². The minimum atomic E-state index is -4.95. The highest BCUT2D eigenvalue weighted by Gasteiger charge is 2.38. The van der Waals surface area contributed by atoms with Crippen molar-refractivity contribution in [2.75, 3.05) is 31.5 Å². The fourth-order valence-electron chi connectivity index (χ4n) is 2.85. The average molecular weight is 474 g/mol. The number of hydrogen-bond donors (Lipinski definition) is 4. The molecule has 10 nitrogen and oxygen atoms in total. The van der Waals surface area contributed by atoms with Gasteiger partial charge in [0, 0.05) is 32.2 Å². The van der Waals surface area contributed by atoms with E-state index in [-0.39, 0.29) is 43.7 Å². The van der Waals surface area contributed by atoms with Crippen LogP contribution in [0.1, 0.15) is 33.6 Å². The molecule has 184 valence electrons. The fraction of sp³-hybridized carbons (Fsp3) is 0.550. The summed E-state index contributed by atoms with van der Waals surface area (Å²) in [6.07, 6.45) is -5.04. The van der Waals surface area contributed by atoms with Crippen LogP contribution in [0.2, 0.25) is 0 Å².